The van der Waals surface area contributed by atoms with E-state index in [9.17, 15) is 14.0 Å². The third-order valence-electron chi connectivity index (χ3n) is 4.47. The van der Waals surface area contributed by atoms with Gasteiger partial charge in [-0.05, 0) is 18.9 Å². The normalized spacial score (nSPS) is 15.1. The van der Waals surface area contributed by atoms with Crippen LogP contribution in [0.15, 0.2) is 30.6 Å². The van der Waals surface area contributed by atoms with Crippen LogP contribution in [0.5, 0.6) is 0 Å². The van der Waals surface area contributed by atoms with Gasteiger partial charge in [-0.2, -0.15) is 0 Å². The molecule has 0 atom stereocenters. The maximum absolute atomic E-state index is 13.5. The molecule has 3 rings (SSSR count). The fraction of sp³-hybridized carbons (Fsp3) is 0.444. The van der Waals surface area contributed by atoms with Gasteiger partial charge in [-0.25, -0.2) is 14.1 Å². The molecule has 7 heteroatoms. The first-order valence-electron chi connectivity index (χ1n) is 8.57. The predicted molar refractivity (Wildman–Crippen MR) is 89.2 cm³/mol. The number of ketones is 1. The lowest BCUT2D eigenvalue weighted by Crippen LogP contribution is -2.28. The van der Waals surface area contributed by atoms with E-state index in [0.29, 0.717) is 5.56 Å². The molecule has 1 aromatic carbocycles. The van der Waals surface area contributed by atoms with Crippen molar-refractivity contribution in [2.45, 2.75) is 45.2 Å². The van der Waals surface area contributed by atoms with Gasteiger partial charge in [-0.1, -0.05) is 37.5 Å². The van der Waals surface area contributed by atoms with E-state index in [-0.39, 0.29) is 42.3 Å². The monoisotopic (exact) mass is 344 g/mol. The van der Waals surface area contributed by atoms with Crippen LogP contribution in [0.25, 0.3) is 0 Å². The van der Waals surface area contributed by atoms with Crippen LogP contribution in [0.1, 0.15) is 48.3 Å². The van der Waals surface area contributed by atoms with E-state index in [0.717, 1.165) is 25.7 Å². The minimum Gasteiger partial charge on any atom is -0.350 e. The van der Waals surface area contributed by atoms with Crippen LogP contribution in [-0.4, -0.2) is 26.5 Å². The third kappa shape index (κ3) is 4.49. The van der Waals surface area contributed by atoms with Crippen LogP contribution >= 0.6 is 0 Å². The Hall–Kier alpha value is -2.57. The van der Waals surface area contributed by atoms with Gasteiger partial charge < -0.3 is 5.32 Å². The summed E-state index contributed by atoms with van der Waals surface area (Å²) in [5, 5.41) is 6.76. The molecule has 2 aromatic rings. The highest BCUT2D eigenvalue weighted by atomic mass is 19.1. The van der Waals surface area contributed by atoms with E-state index in [1.165, 1.54) is 23.5 Å². The molecule has 132 valence electrons. The van der Waals surface area contributed by atoms with Gasteiger partial charge in [-0.3, -0.25) is 9.59 Å². The molecule has 1 aliphatic carbocycles. The van der Waals surface area contributed by atoms with Crippen LogP contribution in [-0.2, 0) is 17.9 Å². The Morgan fingerprint density at radius 3 is 2.72 bits per heavy atom. The van der Waals surface area contributed by atoms with Crippen molar-refractivity contribution >= 4 is 11.7 Å². The molecule has 1 heterocycles. The molecule has 1 amide bonds. The van der Waals surface area contributed by atoms with Crippen molar-refractivity contribution in [1.29, 1.82) is 0 Å². The molecule has 1 saturated carbocycles. The van der Waals surface area contributed by atoms with E-state index < -0.39 is 0 Å². The van der Waals surface area contributed by atoms with Gasteiger partial charge in [0.05, 0.1) is 0 Å². The summed E-state index contributed by atoms with van der Waals surface area (Å²) < 4.78 is 14.9. The van der Waals surface area contributed by atoms with Gasteiger partial charge in [0.15, 0.2) is 0 Å². The van der Waals surface area contributed by atoms with Crippen LogP contribution in [0.3, 0.4) is 0 Å². The van der Waals surface area contributed by atoms with Gasteiger partial charge in [0.1, 0.15) is 18.7 Å². The van der Waals surface area contributed by atoms with Gasteiger partial charge in [0.2, 0.25) is 17.5 Å². The second kappa shape index (κ2) is 8.00. The van der Waals surface area contributed by atoms with Crippen molar-refractivity contribution in [2.24, 2.45) is 5.92 Å². The largest absolute Gasteiger partial charge is 0.350 e. The lowest BCUT2D eigenvalue weighted by Gasteiger charge is -2.18. The van der Waals surface area contributed by atoms with Crippen molar-refractivity contribution in [3.8, 4) is 0 Å². The fourth-order valence-electron chi connectivity index (χ4n) is 3.07. The number of rotatable bonds is 6. The number of nitrogens with zero attached hydrogens (tertiary/aromatic N) is 3. The number of nitrogens with one attached hydrogen (secondary N) is 1. The smallest absolute Gasteiger partial charge is 0.242 e. The molecule has 0 saturated heterocycles. The second-order valence-electron chi connectivity index (χ2n) is 6.33. The fourth-order valence-corrected chi connectivity index (χ4v) is 3.07. The summed E-state index contributed by atoms with van der Waals surface area (Å²) >= 11 is 0. The zero-order chi connectivity index (χ0) is 17.6. The molecule has 6 nitrogen and oxygen atoms in total. The quantitative estimate of drug-likeness (QED) is 0.817. The predicted octanol–water partition coefficient (Wildman–Crippen LogP) is 2.50. The van der Waals surface area contributed by atoms with E-state index in [4.69, 9.17) is 0 Å². The number of carbonyl (C=O) groups excluding carboxylic acids is 2. The molecule has 25 heavy (non-hydrogen) atoms. The number of hydrogen-bond donors (Lipinski definition) is 1. The molecular weight excluding hydrogens is 323 g/mol. The number of Topliss-reactive ketones (excluding diaryl/α,β-unsaturated/α-hetero) is 1. The molecule has 0 spiro atoms. The van der Waals surface area contributed by atoms with Crippen LogP contribution < -0.4 is 5.32 Å². The summed E-state index contributed by atoms with van der Waals surface area (Å²) in [5.41, 5.74) is 0.419. The summed E-state index contributed by atoms with van der Waals surface area (Å²) in [6, 6.07) is 6.28. The first-order chi connectivity index (χ1) is 12.1. The molecule has 0 bridgehead atoms. The average molecular weight is 344 g/mol. The number of carbonyl (C=O) groups is 2. The lowest BCUT2D eigenvalue weighted by molar-refractivity contribution is -0.122. The first-order valence-corrected chi connectivity index (χ1v) is 8.57. The molecule has 0 aliphatic heterocycles. The molecular formula is C18H21FN4O2. The van der Waals surface area contributed by atoms with E-state index in [2.05, 4.69) is 15.4 Å². The van der Waals surface area contributed by atoms with Crippen LogP contribution in [0.2, 0.25) is 0 Å². The van der Waals surface area contributed by atoms with Crippen LogP contribution in [0, 0.1) is 11.7 Å². The maximum atomic E-state index is 13.5. The molecule has 1 N–H and O–H groups in total. The summed E-state index contributed by atoms with van der Waals surface area (Å²) in [4.78, 5) is 28.4. The van der Waals surface area contributed by atoms with E-state index >= 15 is 0 Å². The number of aromatic nitrogens is 3. The first kappa shape index (κ1) is 17.3. The Bertz CT molecular complexity index is 753. The van der Waals surface area contributed by atoms with Gasteiger partial charge in [0.25, 0.3) is 0 Å². The van der Waals surface area contributed by atoms with E-state index in [1.54, 1.807) is 18.2 Å². The Balaban J connectivity index is 1.53. The van der Waals surface area contributed by atoms with Gasteiger partial charge >= 0.3 is 0 Å². The van der Waals surface area contributed by atoms with E-state index in [1.807, 2.05) is 0 Å². The van der Waals surface area contributed by atoms with Crippen molar-refractivity contribution in [1.82, 2.24) is 20.1 Å². The number of halogens is 1. The number of amides is 1. The Morgan fingerprint density at radius 1 is 1.20 bits per heavy atom. The Kier molecular flexibility index (Phi) is 5.53. The zero-order valence-corrected chi connectivity index (χ0v) is 13.9. The lowest BCUT2D eigenvalue weighted by atomic mass is 9.86. The Labute approximate surface area is 145 Å². The highest BCUT2D eigenvalue weighted by Gasteiger charge is 2.25. The minimum absolute atomic E-state index is 0.000479. The topological polar surface area (TPSA) is 76.9 Å². The number of hydrogen-bond acceptors (Lipinski definition) is 4. The Morgan fingerprint density at radius 2 is 1.96 bits per heavy atom. The minimum atomic E-state index is -0.357. The molecule has 1 aromatic heterocycles. The summed E-state index contributed by atoms with van der Waals surface area (Å²) in [7, 11) is 0. The standard InChI is InChI=1S/C18H21FN4O2/c19-15-9-5-4-8-14(15)10-20-16(24)11-23-12-21-18(22-23)17(25)13-6-2-1-3-7-13/h4-5,8-9,12-13H,1-3,6-7,10-11H2,(H,20,24). The van der Waals surface area contributed by atoms with Gasteiger partial charge in [-0.15, -0.1) is 5.10 Å². The molecule has 1 aliphatic rings. The van der Waals surface area contributed by atoms with Crippen molar-refractivity contribution in [3.63, 3.8) is 0 Å². The molecule has 1 fully saturated rings. The van der Waals surface area contributed by atoms with Gasteiger partial charge in [0, 0.05) is 18.0 Å². The third-order valence-corrected chi connectivity index (χ3v) is 4.47. The average Bonchev–Trinajstić information content (AvgIpc) is 3.09. The van der Waals surface area contributed by atoms with Crippen molar-refractivity contribution in [3.05, 3.63) is 47.8 Å². The molecule has 0 unspecified atom stereocenters. The summed E-state index contributed by atoms with van der Waals surface area (Å²) in [6.07, 6.45) is 6.46. The number of benzene rings is 1. The second-order valence-corrected chi connectivity index (χ2v) is 6.33. The van der Waals surface area contributed by atoms with Crippen LogP contribution in [0.4, 0.5) is 4.39 Å². The van der Waals surface area contributed by atoms with Crippen molar-refractivity contribution < 1.29 is 14.0 Å². The zero-order valence-electron chi connectivity index (χ0n) is 13.9. The highest BCUT2D eigenvalue weighted by molar-refractivity contribution is 5.94. The maximum Gasteiger partial charge on any atom is 0.242 e. The van der Waals surface area contributed by atoms with Crippen molar-refractivity contribution in [2.75, 3.05) is 0 Å². The summed E-state index contributed by atoms with van der Waals surface area (Å²) in [5.74, 6) is -0.535. The highest BCUT2D eigenvalue weighted by Crippen LogP contribution is 2.25. The SMILES string of the molecule is O=C(Cn1cnc(C(=O)C2CCCCC2)n1)NCc1ccccc1F. The molecule has 0 radical (unpaired) electrons. The summed E-state index contributed by atoms with van der Waals surface area (Å²) in [6.45, 7) is 0.0491.